The Morgan fingerprint density at radius 2 is 1.53 bits per heavy atom. The van der Waals surface area contributed by atoms with Crippen LogP contribution in [0.25, 0.3) is 0 Å². The van der Waals surface area contributed by atoms with Crippen LogP contribution in [0, 0.1) is 0 Å². The molecule has 1 aromatic carbocycles. The summed E-state index contributed by atoms with van der Waals surface area (Å²) >= 11 is 0. The maximum absolute atomic E-state index is 12.2. The van der Waals surface area contributed by atoms with Crippen molar-refractivity contribution in [2.24, 2.45) is 0 Å². The lowest BCUT2D eigenvalue weighted by Crippen LogP contribution is -2.50. The Bertz CT molecular complexity index is 358. The number of Topliss-reactive ketones (excluding diaryl/α,β-unsaturated/α-hetero) is 1. The highest BCUT2D eigenvalue weighted by Crippen LogP contribution is 2.13. The highest BCUT2D eigenvalue weighted by atomic mass is 16.3. The number of benzene rings is 1. The Hall–Kier alpha value is -1.35. The van der Waals surface area contributed by atoms with Gasteiger partial charge in [-0.2, -0.15) is 0 Å². The Balaban J connectivity index is 2.81. The second-order valence-corrected chi connectivity index (χ2v) is 4.42. The molecule has 0 saturated carbocycles. The van der Waals surface area contributed by atoms with E-state index >= 15 is 0 Å². The first-order chi connectivity index (χ1) is 8.06. The van der Waals surface area contributed by atoms with Gasteiger partial charge in [0.25, 0.3) is 0 Å². The van der Waals surface area contributed by atoms with Gasteiger partial charge < -0.3 is 9.59 Å². The van der Waals surface area contributed by atoms with Crippen LogP contribution in [0.3, 0.4) is 0 Å². The van der Waals surface area contributed by atoms with Crippen LogP contribution >= 0.6 is 0 Å². The molecule has 17 heavy (non-hydrogen) atoms. The third-order valence-electron chi connectivity index (χ3n) is 3.68. The van der Waals surface area contributed by atoms with Crippen molar-refractivity contribution < 1.29 is 14.4 Å². The Morgan fingerprint density at radius 3 is 1.94 bits per heavy atom. The number of rotatable bonds is 6. The quantitative estimate of drug-likeness (QED) is 0.608. The highest BCUT2D eigenvalue weighted by Gasteiger charge is 2.25. The Labute approximate surface area is 103 Å². The van der Waals surface area contributed by atoms with Crippen molar-refractivity contribution in [3.05, 3.63) is 29.8 Å². The van der Waals surface area contributed by atoms with Crippen LogP contribution in [0.5, 0.6) is 5.75 Å². The van der Waals surface area contributed by atoms with E-state index in [1.807, 2.05) is 0 Å². The van der Waals surface area contributed by atoms with Crippen LogP contribution in [0.4, 0.5) is 0 Å². The fourth-order valence-electron chi connectivity index (χ4n) is 2.05. The second-order valence-electron chi connectivity index (χ2n) is 4.42. The number of phenols is 1. The molecular weight excluding hydrogens is 214 g/mol. The average molecular weight is 236 g/mol. The number of hydrogen-bond donors (Lipinski definition) is 1. The first kappa shape index (κ1) is 13.7. The standard InChI is InChI=1S/C14H21NO2/c1-4-15(5-2,6-3)11-14(17)12-7-9-13(16)10-8-12/h7-10H,4-6,11H2,1-3H3/p+1. The zero-order valence-corrected chi connectivity index (χ0v) is 10.9. The SMILES string of the molecule is CC[N+](CC)(CC)CC(=O)c1ccc(O)cc1. The van der Waals surface area contributed by atoms with Gasteiger partial charge in [0.1, 0.15) is 12.3 Å². The first-order valence-corrected chi connectivity index (χ1v) is 6.24. The van der Waals surface area contributed by atoms with Crippen molar-refractivity contribution in [2.75, 3.05) is 26.2 Å². The van der Waals surface area contributed by atoms with Crippen molar-refractivity contribution >= 4 is 5.78 Å². The van der Waals surface area contributed by atoms with Gasteiger partial charge in [0, 0.05) is 5.56 Å². The molecule has 0 aliphatic carbocycles. The number of nitrogens with zero attached hydrogens (tertiary/aromatic N) is 1. The lowest BCUT2D eigenvalue weighted by molar-refractivity contribution is -0.915. The Morgan fingerprint density at radius 1 is 1.06 bits per heavy atom. The zero-order valence-electron chi connectivity index (χ0n) is 10.9. The molecule has 0 aliphatic heterocycles. The Kier molecular flexibility index (Phi) is 4.70. The molecule has 0 spiro atoms. The normalized spacial score (nSPS) is 11.5. The summed E-state index contributed by atoms with van der Waals surface area (Å²) in [6, 6.07) is 6.50. The van der Waals surface area contributed by atoms with E-state index in [0.717, 1.165) is 24.1 Å². The summed E-state index contributed by atoms with van der Waals surface area (Å²) in [4.78, 5) is 12.2. The predicted octanol–water partition coefficient (Wildman–Crippen LogP) is 2.45. The topological polar surface area (TPSA) is 37.3 Å². The molecule has 1 rings (SSSR count). The van der Waals surface area contributed by atoms with Gasteiger partial charge in [-0.25, -0.2) is 0 Å². The summed E-state index contributed by atoms with van der Waals surface area (Å²) in [6.07, 6.45) is 0. The molecule has 1 aromatic rings. The van der Waals surface area contributed by atoms with Crippen molar-refractivity contribution in [3.8, 4) is 5.75 Å². The molecular formula is C14H22NO2+. The number of carbonyl (C=O) groups is 1. The molecule has 94 valence electrons. The average Bonchev–Trinajstić information content (AvgIpc) is 2.37. The molecule has 0 amide bonds. The van der Waals surface area contributed by atoms with Gasteiger partial charge in [0.15, 0.2) is 0 Å². The molecule has 0 unspecified atom stereocenters. The van der Waals surface area contributed by atoms with E-state index in [0.29, 0.717) is 12.1 Å². The molecule has 3 nitrogen and oxygen atoms in total. The number of ketones is 1. The molecule has 0 heterocycles. The molecule has 0 fully saturated rings. The summed E-state index contributed by atoms with van der Waals surface area (Å²) in [5.41, 5.74) is 0.681. The number of likely N-dealkylation sites (N-methyl/N-ethyl adjacent to an activating group) is 1. The minimum Gasteiger partial charge on any atom is -0.508 e. The van der Waals surface area contributed by atoms with Crippen LogP contribution in [0.15, 0.2) is 24.3 Å². The summed E-state index contributed by atoms with van der Waals surface area (Å²) in [6.45, 7) is 9.81. The van der Waals surface area contributed by atoms with Crippen LogP contribution in [0.1, 0.15) is 31.1 Å². The monoisotopic (exact) mass is 236 g/mol. The van der Waals surface area contributed by atoms with Crippen molar-refractivity contribution in [1.29, 1.82) is 0 Å². The van der Waals surface area contributed by atoms with Crippen LogP contribution in [-0.2, 0) is 0 Å². The fraction of sp³-hybridized carbons (Fsp3) is 0.500. The van der Waals surface area contributed by atoms with Gasteiger partial charge in [-0.1, -0.05) is 0 Å². The van der Waals surface area contributed by atoms with Crippen molar-refractivity contribution in [2.45, 2.75) is 20.8 Å². The third-order valence-corrected chi connectivity index (χ3v) is 3.68. The summed E-state index contributed by atoms with van der Waals surface area (Å²) in [5, 5.41) is 9.19. The van der Waals surface area contributed by atoms with Crippen LogP contribution < -0.4 is 0 Å². The minimum absolute atomic E-state index is 0.149. The predicted molar refractivity (Wildman–Crippen MR) is 69.2 cm³/mol. The van der Waals surface area contributed by atoms with E-state index in [4.69, 9.17) is 0 Å². The molecule has 0 aliphatic rings. The number of hydrogen-bond acceptors (Lipinski definition) is 2. The molecule has 0 aromatic heterocycles. The number of phenolic OH excluding ortho intramolecular Hbond substituents is 1. The van der Waals surface area contributed by atoms with Crippen LogP contribution in [-0.4, -0.2) is 41.6 Å². The molecule has 1 N–H and O–H groups in total. The van der Waals surface area contributed by atoms with Gasteiger partial charge in [-0.3, -0.25) is 4.79 Å². The van der Waals surface area contributed by atoms with E-state index < -0.39 is 0 Å². The summed E-state index contributed by atoms with van der Waals surface area (Å²) in [5.74, 6) is 0.347. The lowest BCUT2D eigenvalue weighted by Gasteiger charge is -2.35. The number of quaternary nitrogens is 1. The van der Waals surface area contributed by atoms with E-state index in [1.54, 1.807) is 24.3 Å². The molecule has 0 radical (unpaired) electrons. The van der Waals surface area contributed by atoms with E-state index in [2.05, 4.69) is 20.8 Å². The molecule has 0 atom stereocenters. The van der Waals surface area contributed by atoms with E-state index in [1.165, 1.54) is 0 Å². The third kappa shape index (κ3) is 3.30. The van der Waals surface area contributed by atoms with Gasteiger partial charge >= 0.3 is 0 Å². The van der Waals surface area contributed by atoms with Crippen molar-refractivity contribution in [1.82, 2.24) is 0 Å². The fourth-order valence-corrected chi connectivity index (χ4v) is 2.05. The van der Waals surface area contributed by atoms with E-state index in [-0.39, 0.29) is 11.5 Å². The van der Waals surface area contributed by atoms with Crippen LogP contribution in [0.2, 0.25) is 0 Å². The largest absolute Gasteiger partial charge is 0.508 e. The molecule has 0 bridgehead atoms. The van der Waals surface area contributed by atoms with Gasteiger partial charge in [-0.15, -0.1) is 0 Å². The second kappa shape index (κ2) is 5.82. The highest BCUT2D eigenvalue weighted by molar-refractivity contribution is 5.97. The first-order valence-electron chi connectivity index (χ1n) is 6.24. The smallest absolute Gasteiger partial charge is 0.216 e. The van der Waals surface area contributed by atoms with E-state index in [9.17, 15) is 9.90 Å². The number of carbonyl (C=O) groups excluding carboxylic acids is 1. The lowest BCUT2D eigenvalue weighted by atomic mass is 10.1. The molecule has 3 heteroatoms. The van der Waals surface area contributed by atoms with Gasteiger partial charge in [0.05, 0.1) is 19.6 Å². The molecule has 0 saturated heterocycles. The maximum atomic E-state index is 12.2. The van der Waals surface area contributed by atoms with Gasteiger partial charge in [-0.05, 0) is 45.0 Å². The minimum atomic E-state index is 0.149. The van der Waals surface area contributed by atoms with Gasteiger partial charge in [0.2, 0.25) is 5.78 Å². The summed E-state index contributed by atoms with van der Waals surface area (Å²) < 4.78 is 0.819. The number of aromatic hydroxyl groups is 1. The summed E-state index contributed by atoms with van der Waals surface area (Å²) in [7, 11) is 0. The van der Waals surface area contributed by atoms with Crippen molar-refractivity contribution in [3.63, 3.8) is 0 Å². The zero-order chi connectivity index (χ0) is 12.9. The maximum Gasteiger partial charge on any atom is 0.216 e.